The van der Waals surface area contributed by atoms with Crippen LogP contribution in [0.15, 0.2) is 36.8 Å². The minimum atomic E-state index is -0.674. The number of aryl methyl sites for hydroxylation is 1. The lowest BCUT2D eigenvalue weighted by molar-refractivity contribution is 0.0934. The van der Waals surface area contributed by atoms with E-state index >= 15 is 0 Å². The van der Waals surface area contributed by atoms with Crippen LogP contribution in [0.5, 0.6) is 0 Å². The van der Waals surface area contributed by atoms with E-state index in [1.54, 1.807) is 24.1 Å². The molecule has 0 fully saturated rings. The Morgan fingerprint density at radius 3 is 2.64 bits per heavy atom. The Morgan fingerprint density at radius 2 is 2.00 bits per heavy atom. The molecule has 0 aliphatic rings. The second kappa shape index (κ2) is 6.80. The van der Waals surface area contributed by atoms with Gasteiger partial charge < -0.3 is 5.32 Å². The molecule has 1 aromatic carbocycles. The minimum absolute atomic E-state index is 0.0625. The third-order valence-corrected chi connectivity index (χ3v) is 3.73. The average molecular weight is 346 g/mol. The highest BCUT2D eigenvalue weighted by Crippen LogP contribution is 2.14. The second-order valence-electron chi connectivity index (χ2n) is 5.64. The normalized spacial score (nSPS) is 12.2. The van der Waals surface area contributed by atoms with Gasteiger partial charge in [0.25, 0.3) is 5.91 Å². The van der Waals surface area contributed by atoms with Gasteiger partial charge in [-0.2, -0.15) is 5.10 Å². The predicted molar refractivity (Wildman–Crippen MR) is 84.6 cm³/mol. The van der Waals surface area contributed by atoms with E-state index in [1.807, 2.05) is 6.92 Å². The Morgan fingerprint density at radius 1 is 1.28 bits per heavy atom. The van der Waals surface area contributed by atoms with Crippen LogP contribution in [-0.4, -0.2) is 30.7 Å². The number of amides is 1. The summed E-state index contributed by atoms with van der Waals surface area (Å²) in [6.07, 6.45) is 4.79. The Bertz CT molecular complexity index is 883. The lowest BCUT2D eigenvalue weighted by Gasteiger charge is -2.10. The summed E-state index contributed by atoms with van der Waals surface area (Å²) in [5, 5.41) is 14.3. The van der Waals surface area contributed by atoms with Gasteiger partial charge in [0.15, 0.2) is 5.69 Å². The molecule has 0 aliphatic carbocycles. The molecule has 1 atom stereocenters. The van der Waals surface area contributed by atoms with Crippen molar-refractivity contribution in [2.45, 2.75) is 19.5 Å². The molecular weight excluding hydrogens is 330 g/mol. The van der Waals surface area contributed by atoms with Gasteiger partial charge in [0, 0.05) is 24.4 Å². The van der Waals surface area contributed by atoms with Crippen molar-refractivity contribution in [3.05, 3.63) is 65.2 Å². The number of carbonyl (C=O) groups excluding carboxylic acids is 1. The van der Waals surface area contributed by atoms with Crippen LogP contribution in [0.4, 0.5) is 8.78 Å². The minimum Gasteiger partial charge on any atom is -0.344 e. The van der Waals surface area contributed by atoms with Crippen LogP contribution < -0.4 is 5.32 Å². The second-order valence-corrected chi connectivity index (χ2v) is 5.64. The number of hydrogen-bond donors (Lipinski definition) is 1. The van der Waals surface area contributed by atoms with Crippen LogP contribution in [0.3, 0.4) is 0 Å². The third kappa shape index (κ3) is 3.70. The third-order valence-electron chi connectivity index (χ3n) is 3.73. The van der Waals surface area contributed by atoms with Gasteiger partial charge in [-0.3, -0.25) is 9.48 Å². The van der Waals surface area contributed by atoms with Crippen LogP contribution in [-0.2, 0) is 13.6 Å². The maximum Gasteiger partial charge on any atom is 0.273 e. The summed E-state index contributed by atoms with van der Waals surface area (Å²) in [6, 6.07) is 3.35. The number of nitrogens with zero attached hydrogens (tertiary/aromatic N) is 5. The van der Waals surface area contributed by atoms with E-state index in [0.717, 1.165) is 5.56 Å². The van der Waals surface area contributed by atoms with E-state index in [-0.39, 0.29) is 23.8 Å². The van der Waals surface area contributed by atoms with Gasteiger partial charge in [0.1, 0.15) is 11.6 Å². The molecule has 1 amide bonds. The number of nitrogens with one attached hydrogen (secondary N) is 1. The van der Waals surface area contributed by atoms with E-state index in [9.17, 15) is 13.6 Å². The summed E-state index contributed by atoms with van der Waals surface area (Å²) in [5.74, 6) is -1.78. The first kappa shape index (κ1) is 16.7. The van der Waals surface area contributed by atoms with Crippen molar-refractivity contribution in [1.82, 2.24) is 30.1 Å². The fraction of sp³-hybridized carbons (Fsp3) is 0.250. The molecule has 2 heterocycles. The fourth-order valence-electron chi connectivity index (χ4n) is 2.34. The summed E-state index contributed by atoms with van der Waals surface area (Å²) >= 11 is 0. The SMILES string of the molecule is C[C@@H](NC(=O)c1cn(Cc2c(F)cccc2F)nn1)c1cnn(C)c1. The van der Waals surface area contributed by atoms with Crippen molar-refractivity contribution in [3.63, 3.8) is 0 Å². The Balaban J connectivity index is 1.69. The quantitative estimate of drug-likeness (QED) is 0.765. The van der Waals surface area contributed by atoms with Crippen molar-refractivity contribution in [1.29, 1.82) is 0 Å². The molecule has 0 aliphatic heterocycles. The molecule has 0 radical (unpaired) electrons. The van der Waals surface area contributed by atoms with Gasteiger partial charge in [0.2, 0.25) is 0 Å². The smallest absolute Gasteiger partial charge is 0.273 e. The van der Waals surface area contributed by atoms with Crippen molar-refractivity contribution >= 4 is 5.91 Å². The van der Waals surface area contributed by atoms with Crippen LogP contribution >= 0.6 is 0 Å². The van der Waals surface area contributed by atoms with Crippen molar-refractivity contribution in [2.24, 2.45) is 7.05 Å². The molecule has 130 valence electrons. The van der Waals surface area contributed by atoms with Crippen LogP contribution in [0.1, 0.15) is 34.6 Å². The van der Waals surface area contributed by atoms with Gasteiger partial charge in [-0.1, -0.05) is 11.3 Å². The number of aromatic nitrogens is 5. The number of halogens is 2. The summed E-state index contributed by atoms with van der Waals surface area (Å²) in [5.41, 5.74) is 0.771. The maximum atomic E-state index is 13.7. The molecule has 3 rings (SSSR count). The summed E-state index contributed by atoms with van der Waals surface area (Å²) in [4.78, 5) is 12.2. The lowest BCUT2D eigenvalue weighted by Crippen LogP contribution is -2.26. The molecule has 3 aromatic rings. The maximum absolute atomic E-state index is 13.7. The zero-order chi connectivity index (χ0) is 18.0. The first-order valence-corrected chi connectivity index (χ1v) is 7.56. The van der Waals surface area contributed by atoms with Crippen molar-refractivity contribution in [3.8, 4) is 0 Å². The van der Waals surface area contributed by atoms with Gasteiger partial charge in [-0.25, -0.2) is 13.5 Å². The highest BCUT2D eigenvalue weighted by molar-refractivity contribution is 5.92. The van der Waals surface area contributed by atoms with Gasteiger partial charge in [-0.05, 0) is 19.1 Å². The van der Waals surface area contributed by atoms with Gasteiger partial charge in [-0.15, -0.1) is 5.10 Å². The van der Waals surface area contributed by atoms with Gasteiger partial charge >= 0.3 is 0 Å². The predicted octanol–water partition coefficient (Wildman–Crippen LogP) is 1.83. The van der Waals surface area contributed by atoms with E-state index < -0.39 is 17.5 Å². The number of benzene rings is 1. The molecule has 0 saturated carbocycles. The molecule has 0 spiro atoms. The average Bonchev–Trinajstić information content (AvgIpc) is 3.20. The van der Waals surface area contributed by atoms with Crippen LogP contribution in [0.2, 0.25) is 0 Å². The Labute approximate surface area is 142 Å². The highest BCUT2D eigenvalue weighted by Gasteiger charge is 2.17. The molecule has 0 unspecified atom stereocenters. The largest absolute Gasteiger partial charge is 0.344 e. The fourth-order valence-corrected chi connectivity index (χ4v) is 2.34. The lowest BCUT2D eigenvalue weighted by atomic mass is 10.2. The molecule has 2 aromatic heterocycles. The van der Waals surface area contributed by atoms with Crippen molar-refractivity contribution in [2.75, 3.05) is 0 Å². The van der Waals surface area contributed by atoms with E-state index in [1.165, 1.54) is 29.1 Å². The molecule has 9 heteroatoms. The zero-order valence-corrected chi connectivity index (χ0v) is 13.6. The monoisotopic (exact) mass is 346 g/mol. The molecule has 25 heavy (non-hydrogen) atoms. The highest BCUT2D eigenvalue weighted by atomic mass is 19.1. The van der Waals surface area contributed by atoms with Crippen LogP contribution in [0.25, 0.3) is 0 Å². The number of rotatable bonds is 5. The standard InChI is InChI=1S/C16H16F2N6O/c1-10(11-6-19-23(2)7-11)20-16(25)15-9-24(22-21-15)8-12-13(17)4-3-5-14(12)18/h3-7,9-10H,8H2,1-2H3,(H,20,25)/t10-/m1/s1. The summed E-state index contributed by atoms with van der Waals surface area (Å²) < 4.78 is 30.2. The molecule has 0 bridgehead atoms. The number of carbonyl (C=O) groups is 1. The zero-order valence-electron chi connectivity index (χ0n) is 13.6. The summed E-state index contributed by atoms with van der Waals surface area (Å²) in [6.45, 7) is 1.66. The first-order chi connectivity index (χ1) is 11.9. The Kier molecular flexibility index (Phi) is 4.55. The van der Waals surface area contributed by atoms with E-state index in [2.05, 4.69) is 20.7 Å². The number of hydrogen-bond acceptors (Lipinski definition) is 4. The van der Waals surface area contributed by atoms with Gasteiger partial charge in [0.05, 0.1) is 25.0 Å². The molecular formula is C16H16F2N6O. The molecule has 7 nitrogen and oxygen atoms in total. The molecule has 1 N–H and O–H groups in total. The van der Waals surface area contributed by atoms with Crippen LogP contribution in [0, 0.1) is 11.6 Å². The summed E-state index contributed by atoms with van der Waals surface area (Å²) in [7, 11) is 1.78. The first-order valence-electron chi connectivity index (χ1n) is 7.56. The topological polar surface area (TPSA) is 77.6 Å². The molecule has 0 saturated heterocycles. The van der Waals surface area contributed by atoms with E-state index in [4.69, 9.17) is 0 Å². The Hall–Kier alpha value is -3.10. The van der Waals surface area contributed by atoms with Crippen molar-refractivity contribution < 1.29 is 13.6 Å². The van der Waals surface area contributed by atoms with E-state index in [0.29, 0.717) is 0 Å².